The van der Waals surface area contributed by atoms with Gasteiger partial charge in [0, 0.05) is 6.42 Å². The molecule has 0 saturated heterocycles. The predicted molar refractivity (Wildman–Crippen MR) is 34.7 cm³/mol. The zero-order valence-electron chi connectivity index (χ0n) is 5.67. The molecule has 0 rings (SSSR count). The van der Waals surface area contributed by atoms with Crippen LogP contribution in [-0.2, 0) is 0 Å². The summed E-state index contributed by atoms with van der Waals surface area (Å²) in [5.74, 6) is 0. The van der Waals surface area contributed by atoms with Gasteiger partial charge in [0.05, 0.1) is 19.3 Å². The molecule has 9 heavy (non-hydrogen) atoms. The molecule has 3 heteroatoms. The van der Waals surface area contributed by atoms with E-state index in [9.17, 15) is 0 Å². The minimum atomic E-state index is -0.125. The van der Waals surface area contributed by atoms with Crippen molar-refractivity contribution in [1.82, 2.24) is 0 Å². The molecule has 0 aliphatic carbocycles. The molecule has 0 aromatic carbocycles. The molecule has 0 atom stereocenters. The third-order valence-corrected chi connectivity index (χ3v) is 0.462. The minimum Gasteiger partial charge on any atom is -0.394 e. The zero-order chi connectivity index (χ0) is 7.54. The lowest BCUT2D eigenvalue weighted by atomic mass is 10.4. The summed E-state index contributed by atoms with van der Waals surface area (Å²) in [4.78, 5) is 0. The molecule has 0 saturated carbocycles. The maximum atomic E-state index is 7.82. The Bertz CT molecular complexity index is 65.9. The minimum absolute atomic E-state index is 0.125. The first-order valence-corrected chi connectivity index (χ1v) is 2.92. The number of nitrogens with zero attached hydrogens (tertiary/aromatic N) is 1. The van der Waals surface area contributed by atoms with Gasteiger partial charge in [-0.2, -0.15) is 5.26 Å². The van der Waals surface area contributed by atoms with Crippen LogP contribution in [0.3, 0.4) is 0 Å². The van der Waals surface area contributed by atoms with E-state index in [0.717, 1.165) is 6.42 Å². The highest BCUT2D eigenvalue weighted by molar-refractivity contribution is 4.65. The summed E-state index contributed by atoms with van der Waals surface area (Å²) >= 11 is 0. The van der Waals surface area contributed by atoms with E-state index < -0.39 is 0 Å². The van der Waals surface area contributed by atoms with Crippen molar-refractivity contribution in [2.45, 2.75) is 19.8 Å². The summed E-state index contributed by atoms with van der Waals surface area (Å²) in [6.45, 7) is 1.74. The molecule has 0 bridgehead atoms. The molecule has 0 aliphatic heterocycles. The van der Waals surface area contributed by atoms with Gasteiger partial charge in [-0.3, -0.25) is 0 Å². The van der Waals surface area contributed by atoms with Gasteiger partial charge < -0.3 is 10.2 Å². The van der Waals surface area contributed by atoms with Gasteiger partial charge in [0.25, 0.3) is 0 Å². The lowest BCUT2D eigenvalue weighted by molar-refractivity contribution is 0.186. The highest BCUT2D eigenvalue weighted by Gasteiger charge is 1.65. The number of nitriles is 1. The maximum Gasteiger partial charge on any atom is 0.0662 e. The van der Waals surface area contributed by atoms with E-state index in [4.69, 9.17) is 15.5 Å². The van der Waals surface area contributed by atoms with E-state index in [2.05, 4.69) is 0 Å². The van der Waals surface area contributed by atoms with E-state index in [1.165, 1.54) is 0 Å². The SMILES string of the molecule is CCCC#N.OCCO. The Kier molecular flexibility index (Phi) is 19.5. The van der Waals surface area contributed by atoms with Crippen LogP contribution in [0.5, 0.6) is 0 Å². The Morgan fingerprint density at radius 1 is 1.33 bits per heavy atom. The second kappa shape index (κ2) is 15.7. The Morgan fingerprint density at radius 3 is 1.78 bits per heavy atom. The summed E-state index contributed by atoms with van der Waals surface area (Å²) in [5, 5.41) is 23.1. The van der Waals surface area contributed by atoms with Crippen molar-refractivity contribution < 1.29 is 10.2 Å². The Morgan fingerprint density at radius 2 is 1.78 bits per heavy atom. The van der Waals surface area contributed by atoms with Crippen LogP contribution < -0.4 is 0 Å². The van der Waals surface area contributed by atoms with Crippen LogP contribution in [0.4, 0.5) is 0 Å². The smallest absolute Gasteiger partial charge is 0.0662 e. The van der Waals surface area contributed by atoms with E-state index in [0.29, 0.717) is 6.42 Å². The lowest BCUT2D eigenvalue weighted by Crippen LogP contribution is -1.85. The average molecular weight is 131 g/mol. The average Bonchev–Trinajstić information content (AvgIpc) is 1.91. The van der Waals surface area contributed by atoms with Gasteiger partial charge in [-0.1, -0.05) is 6.92 Å². The fourth-order valence-corrected chi connectivity index (χ4v) is 0.112. The quantitative estimate of drug-likeness (QED) is 0.565. The lowest BCUT2D eigenvalue weighted by Gasteiger charge is -1.70. The molecule has 0 aliphatic rings. The topological polar surface area (TPSA) is 64.2 Å². The normalized spacial score (nSPS) is 6.89. The van der Waals surface area contributed by atoms with Crippen LogP contribution in [0.15, 0.2) is 0 Å². The molecule has 0 aromatic heterocycles. The molecule has 0 heterocycles. The molecule has 54 valence electrons. The largest absolute Gasteiger partial charge is 0.394 e. The molecule has 0 fully saturated rings. The van der Waals surface area contributed by atoms with Crippen molar-refractivity contribution in [3.05, 3.63) is 0 Å². The van der Waals surface area contributed by atoms with Crippen molar-refractivity contribution in [2.75, 3.05) is 13.2 Å². The monoisotopic (exact) mass is 131 g/mol. The van der Waals surface area contributed by atoms with Crippen LogP contribution in [0.25, 0.3) is 0 Å². The standard InChI is InChI=1S/C4H7N.C2H6O2/c1-2-3-4-5;3-1-2-4/h2-3H2,1H3;3-4H,1-2H2. The fourth-order valence-electron chi connectivity index (χ4n) is 0.112. The first-order valence-electron chi connectivity index (χ1n) is 2.92. The molecule has 0 radical (unpaired) electrons. The number of rotatable bonds is 2. The van der Waals surface area contributed by atoms with Crippen molar-refractivity contribution in [3.8, 4) is 6.07 Å². The second-order valence-corrected chi connectivity index (χ2v) is 1.36. The third kappa shape index (κ3) is 37.3. The van der Waals surface area contributed by atoms with Crippen LogP contribution >= 0.6 is 0 Å². The first kappa shape index (κ1) is 11.2. The molecule has 0 unspecified atom stereocenters. The van der Waals surface area contributed by atoms with Gasteiger partial charge in [0.1, 0.15) is 0 Å². The van der Waals surface area contributed by atoms with E-state index in [1.54, 1.807) is 0 Å². The summed E-state index contributed by atoms with van der Waals surface area (Å²) in [6.07, 6.45) is 1.68. The Hall–Kier alpha value is -0.590. The summed E-state index contributed by atoms with van der Waals surface area (Å²) in [7, 11) is 0. The molecule has 0 aromatic rings. The van der Waals surface area contributed by atoms with Crippen LogP contribution in [0.2, 0.25) is 0 Å². The van der Waals surface area contributed by atoms with Gasteiger partial charge >= 0.3 is 0 Å². The van der Waals surface area contributed by atoms with Crippen LogP contribution in [0, 0.1) is 11.3 Å². The number of unbranched alkanes of at least 4 members (excludes halogenated alkanes) is 1. The molecule has 0 amide bonds. The maximum absolute atomic E-state index is 7.82. The zero-order valence-corrected chi connectivity index (χ0v) is 5.67. The summed E-state index contributed by atoms with van der Waals surface area (Å²) in [6, 6.07) is 2.02. The number of hydrogen-bond donors (Lipinski definition) is 2. The Balaban J connectivity index is 0. The fraction of sp³-hybridized carbons (Fsp3) is 0.833. The highest BCUT2D eigenvalue weighted by atomic mass is 16.3. The summed E-state index contributed by atoms with van der Waals surface area (Å²) < 4.78 is 0. The molecular weight excluding hydrogens is 118 g/mol. The van der Waals surface area contributed by atoms with Gasteiger partial charge in [0.15, 0.2) is 0 Å². The first-order chi connectivity index (χ1) is 4.33. The van der Waals surface area contributed by atoms with E-state index in [1.807, 2.05) is 13.0 Å². The molecular formula is C6H13NO2. The third-order valence-electron chi connectivity index (χ3n) is 0.462. The van der Waals surface area contributed by atoms with Crippen LogP contribution in [-0.4, -0.2) is 23.4 Å². The van der Waals surface area contributed by atoms with Gasteiger partial charge in [-0.25, -0.2) is 0 Å². The van der Waals surface area contributed by atoms with Crippen molar-refractivity contribution in [1.29, 1.82) is 5.26 Å². The molecule has 2 N–H and O–H groups in total. The number of aliphatic hydroxyl groups is 2. The number of hydrogen-bond acceptors (Lipinski definition) is 3. The van der Waals surface area contributed by atoms with Gasteiger partial charge in [-0.15, -0.1) is 0 Å². The van der Waals surface area contributed by atoms with Crippen molar-refractivity contribution in [2.24, 2.45) is 0 Å². The van der Waals surface area contributed by atoms with Gasteiger partial charge in [0.2, 0.25) is 0 Å². The molecule has 3 nitrogen and oxygen atoms in total. The van der Waals surface area contributed by atoms with E-state index in [-0.39, 0.29) is 13.2 Å². The highest BCUT2D eigenvalue weighted by Crippen LogP contribution is 1.77. The van der Waals surface area contributed by atoms with Gasteiger partial charge in [-0.05, 0) is 6.42 Å². The van der Waals surface area contributed by atoms with Crippen LogP contribution in [0.1, 0.15) is 19.8 Å². The predicted octanol–water partition coefficient (Wildman–Crippen LogP) is 0.281. The Labute approximate surface area is 55.6 Å². The summed E-state index contributed by atoms with van der Waals surface area (Å²) in [5.41, 5.74) is 0. The molecule has 0 spiro atoms. The van der Waals surface area contributed by atoms with E-state index >= 15 is 0 Å². The van der Waals surface area contributed by atoms with Crippen molar-refractivity contribution in [3.63, 3.8) is 0 Å². The van der Waals surface area contributed by atoms with Crippen molar-refractivity contribution >= 4 is 0 Å². The second-order valence-electron chi connectivity index (χ2n) is 1.36. The number of aliphatic hydroxyl groups excluding tert-OH is 2.